The number of carbonyl (C=O) groups is 1. The van der Waals surface area contributed by atoms with Crippen LogP contribution >= 0.6 is 0 Å². The molecule has 0 saturated carbocycles. The first-order valence-electron chi connectivity index (χ1n) is 8.37. The minimum Gasteiger partial charge on any atom is -0.489 e. The molecule has 0 aliphatic heterocycles. The van der Waals surface area contributed by atoms with E-state index in [0.717, 1.165) is 11.1 Å². The second kappa shape index (κ2) is 8.83. The lowest BCUT2D eigenvalue weighted by Crippen LogP contribution is -2.15. The van der Waals surface area contributed by atoms with Gasteiger partial charge >= 0.3 is 5.97 Å². The highest BCUT2D eigenvalue weighted by Crippen LogP contribution is 2.23. The average molecular weight is 348 g/mol. The molecule has 0 aromatic heterocycles. The molecule has 0 bridgehead atoms. The summed E-state index contributed by atoms with van der Waals surface area (Å²) in [5, 5.41) is 9.47. The van der Waals surface area contributed by atoms with E-state index in [1.165, 1.54) is 0 Å². The molecule has 3 rings (SSSR count). The van der Waals surface area contributed by atoms with E-state index in [0.29, 0.717) is 17.9 Å². The van der Waals surface area contributed by atoms with E-state index >= 15 is 0 Å². The van der Waals surface area contributed by atoms with E-state index in [2.05, 4.69) is 0 Å². The molecule has 1 unspecified atom stereocenters. The summed E-state index contributed by atoms with van der Waals surface area (Å²) in [6.45, 7) is 0.705. The monoisotopic (exact) mass is 348 g/mol. The van der Waals surface area contributed by atoms with Gasteiger partial charge in [0.15, 0.2) is 6.10 Å². The van der Waals surface area contributed by atoms with Crippen LogP contribution < -0.4 is 4.74 Å². The van der Waals surface area contributed by atoms with Gasteiger partial charge in [-0.1, -0.05) is 72.8 Å². The lowest BCUT2D eigenvalue weighted by Gasteiger charge is -2.15. The number of ether oxygens (including phenoxy) is 2. The first kappa shape index (κ1) is 17.7. The topological polar surface area (TPSA) is 55.8 Å². The smallest absolute Gasteiger partial charge is 0.337 e. The van der Waals surface area contributed by atoms with Crippen LogP contribution in [-0.2, 0) is 22.7 Å². The van der Waals surface area contributed by atoms with Gasteiger partial charge in [0.2, 0.25) is 0 Å². The van der Waals surface area contributed by atoms with Gasteiger partial charge in [0.05, 0.1) is 6.61 Å². The molecule has 0 amide bonds. The summed E-state index contributed by atoms with van der Waals surface area (Å²) in [7, 11) is 0. The van der Waals surface area contributed by atoms with E-state index in [9.17, 15) is 9.90 Å². The predicted octanol–water partition coefficient (Wildman–Crippen LogP) is 4.61. The van der Waals surface area contributed by atoms with Crippen molar-refractivity contribution in [2.45, 2.75) is 19.3 Å². The quantitative estimate of drug-likeness (QED) is 0.646. The number of hydrogen-bond acceptors (Lipinski definition) is 3. The highest BCUT2D eigenvalue weighted by Gasteiger charge is 2.20. The van der Waals surface area contributed by atoms with Crippen molar-refractivity contribution in [3.8, 4) is 5.75 Å². The van der Waals surface area contributed by atoms with E-state index in [1.54, 1.807) is 24.3 Å². The van der Waals surface area contributed by atoms with Gasteiger partial charge in [-0.2, -0.15) is 0 Å². The Bertz CT molecular complexity index is 814. The van der Waals surface area contributed by atoms with Crippen LogP contribution in [0.15, 0.2) is 84.9 Å². The summed E-state index contributed by atoms with van der Waals surface area (Å²) in [4.78, 5) is 11.6. The van der Waals surface area contributed by atoms with Crippen LogP contribution in [0, 0.1) is 0 Å². The Kier molecular flexibility index (Phi) is 6.01. The summed E-state index contributed by atoms with van der Waals surface area (Å²) in [6, 6.07) is 26.4. The summed E-state index contributed by atoms with van der Waals surface area (Å²) < 4.78 is 11.3. The molecule has 132 valence electrons. The van der Waals surface area contributed by atoms with Gasteiger partial charge in [-0.3, -0.25) is 0 Å². The van der Waals surface area contributed by atoms with Gasteiger partial charge in [-0.05, 0) is 28.8 Å². The number of benzene rings is 3. The Hall–Kier alpha value is -3.11. The second-order valence-corrected chi connectivity index (χ2v) is 5.86. The van der Waals surface area contributed by atoms with Gasteiger partial charge in [0.25, 0.3) is 0 Å². The molecule has 0 saturated heterocycles. The summed E-state index contributed by atoms with van der Waals surface area (Å²) in [5.74, 6) is -0.330. The molecule has 26 heavy (non-hydrogen) atoms. The Morgan fingerprint density at radius 3 is 1.85 bits per heavy atom. The Morgan fingerprint density at radius 2 is 1.31 bits per heavy atom. The van der Waals surface area contributed by atoms with Gasteiger partial charge in [-0.25, -0.2) is 4.79 Å². The van der Waals surface area contributed by atoms with E-state index in [-0.39, 0.29) is 6.61 Å². The van der Waals surface area contributed by atoms with Crippen LogP contribution in [0.1, 0.15) is 22.8 Å². The molecule has 0 aliphatic rings. The maximum Gasteiger partial charge on any atom is 0.337 e. The van der Waals surface area contributed by atoms with Crippen LogP contribution in [0.4, 0.5) is 0 Å². The molecule has 1 atom stereocenters. The fourth-order valence-corrected chi connectivity index (χ4v) is 2.54. The lowest BCUT2D eigenvalue weighted by atomic mass is 10.1. The Balaban J connectivity index is 1.61. The van der Waals surface area contributed by atoms with Crippen molar-refractivity contribution in [3.05, 3.63) is 102 Å². The molecule has 4 nitrogen and oxygen atoms in total. The van der Waals surface area contributed by atoms with Crippen molar-refractivity contribution >= 4 is 5.97 Å². The van der Waals surface area contributed by atoms with Crippen molar-refractivity contribution in [3.63, 3.8) is 0 Å². The molecular weight excluding hydrogens is 328 g/mol. The molecular formula is C22H20O4. The molecule has 4 heteroatoms. The fourth-order valence-electron chi connectivity index (χ4n) is 2.54. The van der Waals surface area contributed by atoms with Crippen molar-refractivity contribution < 1.29 is 19.4 Å². The first-order valence-corrected chi connectivity index (χ1v) is 8.37. The van der Waals surface area contributed by atoms with E-state index < -0.39 is 12.1 Å². The molecule has 3 aromatic rings. The highest BCUT2D eigenvalue weighted by atomic mass is 16.5. The van der Waals surface area contributed by atoms with Crippen LogP contribution in [0.5, 0.6) is 5.75 Å². The minimum atomic E-state index is -1.02. The van der Waals surface area contributed by atoms with Gasteiger partial charge in [0, 0.05) is 0 Å². The van der Waals surface area contributed by atoms with Gasteiger partial charge in [0.1, 0.15) is 12.4 Å². The zero-order valence-electron chi connectivity index (χ0n) is 14.2. The number of carboxylic acids is 1. The summed E-state index contributed by atoms with van der Waals surface area (Å²) >= 11 is 0. The van der Waals surface area contributed by atoms with Gasteiger partial charge < -0.3 is 14.6 Å². The zero-order chi connectivity index (χ0) is 18.2. The number of aliphatic carboxylic acids is 1. The summed E-state index contributed by atoms with van der Waals surface area (Å²) in [5.41, 5.74) is 2.59. The van der Waals surface area contributed by atoms with E-state index in [4.69, 9.17) is 9.47 Å². The van der Waals surface area contributed by atoms with Crippen LogP contribution in [0.25, 0.3) is 0 Å². The zero-order valence-corrected chi connectivity index (χ0v) is 14.2. The average Bonchev–Trinajstić information content (AvgIpc) is 2.69. The SMILES string of the molecule is O=C(O)C(OCc1ccccc1)c1ccc(OCc2ccccc2)cc1. The standard InChI is InChI=1S/C22H20O4/c23-22(24)21(26-16-18-9-5-2-6-10-18)19-11-13-20(14-12-19)25-15-17-7-3-1-4-8-17/h1-14,21H,15-16H2,(H,23,24). The molecule has 0 fully saturated rings. The second-order valence-electron chi connectivity index (χ2n) is 5.86. The van der Waals surface area contributed by atoms with Crippen LogP contribution in [-0.4, -0.2) is 11.1 Å². The molecule has 0 spiro atoms. The molecule has 3 aromatic carbocycles. The fraction of sp³-hybridized carbons (Fsp3) is 0.136. The largest absolute Gasteiger partial charge is 0.489 e. The molecule has 0 aliphatic carbocycles. The highest BCUT2D eigenvalue weighted by molar-refractivity contribution is 5.74. The van der Waals surface area contributed by atoms with Crippen molar-refractivity contribution in [1.82, 2.24) is 0 Å². The third-order valence-electron chi connectivity index (χ3n) is 3.91. The van der Waals surface area contributed by atoms with Crippen LogP contribution in [0.2, 0.25) is 0 Å². The van der Waals surface area contributed by atoms with Crippen molar-refractivity contribution in [1.29, 1.82) is 0 Å². The molecule has 1 N–H and O–H groups in total. The normalized spacial score (nSPS) is 11.7. The Morgan fingerprint density at radius 1 is 0.769 bits per heavy atom. The van der Waals surface area contributed by atoms with Crippen molar-refractivity contribution in [2.24, 2.45) is 0 Å². The Labute approximate surface area is 152 Å². The number of rotatable bonds is 8. The first-order chi connectivity index (χ1) is 12.7. The minimum absolute atomic E-state index is 0.240. The molecule has 0 radical (unpaired) electrons. The summed E-state index contributed by atoms with van der Waals surface area (Å²) in [6.07, 6.45) is -1.02. The maximum atomic E-state index is 11.6. The number of carboxylic acid groups (broad SMARTS) is 1. The molecule has 0 heterocycles. The van der Waals surface area contributed by atoms with Crippen molar-refractivity contribution in [2.75, 3.05) is 0 Å². The number of hydrogen-bond donors (Lipinski definition) is 1. The predicted molar refractivity (Wildman–Crippen MR) is 98.8 cm³/mol. The van der Waals surface area contributed by atoms with E-state index in [1.807, 2.05) is 60.7 Å². The van der Waals surface area contributed by atoms with Gasteiger partial charge in [-0.15, -0.1) is 0 Å². The van der Waals surface area contributed by atoms with Crippen LogP contribution in [0.3, 0.4) is 0 Å². The third-order valence-corrected chi connectivity index (χ3v) is 3.91. The lowest BCUT2D eigenvalue weighted by molar-refractivity contribution is -0.151. The third kappa shape index (κ3) is 4.94. The maximum absolute atomic E-state index is 11.6.